The van der Waals surface area contributed by atoms with Gasteiger partial charge < -0.3 is 15.3 Å². The summed E-state index contributed by atoms with van der Waals surface area (Å²) in [7, 11) is 3.99. The molecule has 2 aromatic carbocycles. The molecule has 0 saturated heterocycles. The summed E-state index contributed by atoms with van der Waals surface area (Å²) in [4.78, 5) is 2.03. The molecule has 0 saturated carbocycles. The lowest BCUT2D eigenvalue weighted by Crippen LogP contribution is -2.13. The third-order valence-corrected chi connectivity index (χ3v) is 3.78. The quantitative estimate of drug-likeness (QED) is 0.865. The molecule has 0 spiro atoms. The SMILES string of the molecule is CN(C)c1ccc(NCC(O)c2cc(Cl)ccc2Cl)cc1. The molecule has 112 valence electrons. The normalized spacial score (nSPS) is 12.0. The van der Waals surface area contributed by atoms with Crippen molar-refractivity contribution >= 4 is 34.6 Å². The zero-order valence-corrected chi connectivity index (χ0v) is 13.5. The van der Waals surface area contributed by atoms with Gasteiger partial charge in [0, 0.05) is 47.6 Å². The molecule has 0 aromatic heterocycles. The van der Waals surface area contributed by atoms with Gasteiger partial charge in [-0.05, 0) is 42.5 Å². The first-order valence-electron chi connectivity index (χ1n) is 6.61. The third kappa shape index (κ3) is 4.27. The average molecular weight is 325 g/mol. The van der Waals surface area contributed by atoms with Crippen LogP contribution in [0, 0.1) is 0 Å². The fourth-order valence-corrected chi connectivity index (χ4v) is 2.40. The number of anilines is 2. The standard InChI is InChI=1S/C16H18Cl2N2O/c1-20(2)13-6-4-12(5-7-13)19-10-16(21)14-9-11(17)3-8-15(14)18/h3-9,16,19,21H,10H2,1-2H3. The molecule has 0 fully saturated rings. The van der Waals surface area contributed by atoms with E-state index in [1.165, 1.54) is 0 Å². The summed E-state index contributed by atoms with van der Waals surface area (Å²) in [5, 5.41) is 14.5. The molecule has 3 nitrogen and oxygen atoms in total. The van der Waals surface area contributed by atoms with Gasteiger partial charge in [-0.15, -0.1) is 0 Å². The number of rotatable bonds is 5. The predicted octanol–water partition coefficient (Wildman–Crippen LogP) is 4.20. The van der Waals surface area contributed by atoms with Gasteiger partial charge >= 0.3 is 0 Å². The molecule has 0 bridgehead atoms. The summed E-state index contributed by atoms with van der Waals surface area (Å²) < 4.78 is 0. The Labute approximate surface area is 135 Å². The summed E-state index contributed by atoms with van der Waals surface area (Å²) in [6, 6.07) is 13.1. The van der Waals surface area contributed by atoms with Crippen molar-refractivity contribution in [2.24, 2.45) is 0 Å². The second-order valence-electron chi connectivity index (χ2n) is 5.00. The molecule has 1 unspecified atom stereocenters. The second kappa shape index (κ2) is 7.03. The number of nitrogens with one attached hydrogen (secondary N) is 1. The average Bonchev–Trinajstić information content (AvgIpc) is 2.47. The summed E-state index contributed by atoms with van der Waals surface area (Å²) in [5.74, 6) is 0. The van der Waals surface area contributed by atoms with Gasteiger partial charge in [-0.1, -0.05) is 23.2 Å². The first-order valence-corrected chi connectivity index (χ1v) is 7.37. The molecule has 2 aromatic rings. The van der Waals surface area contributed by atoms with Crippen LogP contribution < -0.4 is 10.2 Å². The van der Waals surface area contributed by atoms with E-state index in [1.807, 2.05) is 43.3 Å². The van der Waals surface area contributed by atoms with E-state index in [1.54, 1.807) is 18.2 Å². The van der Waals surface area contributed by atoms with Crippen molar-refractivity contribution in [3.8, 4) is 0 Å². The van der Waals surface area contributed by atoms with Crippen LogP contribution in [0.25, 0.3) is 0 Å². The highest BCUT2D eigenvalue weighted by atomic mass is 35.5. The van der Waals surface area contributed by atoms with E-state index in [-0.39, 0.29) is 0 Å². The second-order valence-corrected chi connectivity index (χ2v) is 5.85. The maximum absolute atomic E-state index is 10.2. The number of halogens is 2. The van der Waals surface area contributed by atoms with Crippen molar-refractivity contribution in [1.29, 1.82) is 0 Å². The molecular weight excluding hydrogens is 307 g/mol. The molecule has 21 heavy (non-hydrogen) atoms. The van der Waals surface area contributed by atoms with E-state index in [9.17, 15) is 5.11 Å². The van der Waals surface area contributed by atoms with Crippen LogP contribution in [0.2, 0.25) is 10.0 Å². The third-order valence-electron chi connectivity index (χ3n) is 3.20. The highest BCUT2D eigenvalue weighted by Gasteiger charge is 2.12. The minimum Gasteiger partial charge on any atom is -0.387 e. The van der Waals surface area contributed by atoms with Crippen molar-refractivity contribution in [3.05, 3.63) is 58.1 Å². The highest BCUT2D eigenvalue weighted by Crippen LogP contribution is 2.26. The number of benzene rings is 2. The summed E-state index contributed by atoms with van der Waals surface area (Å²) >= 11 is 12.0. The molecular formula is C16H18Cl2N2O. The Balaban J connectivity index is 2.00. The Morgan fingerprint density at radius 3 is 2.38 bits per heavy atom. The molecule has 2 N–H and O–H groups in total. The van der Waals surface area contributed by atoms with Crippen molar-refractivity contribution in [2.45, 2.75) is 6.10 Å². The number of nitrogens with zero attached hydrogens (tertiary/aromatic N) is 1. The van der Waals surface area contributed by atoms with Crippen molar-refractivity contribution in [1.82, 2.24) is 0 Å². The van der Waals surface area contributed by atoms with Crippen LogP contribution >= 0.6 is 23.2 Å². The fraction of sp³-hybridized carbons (Fsp3) is 0.250. The van der Waals surface area contributed by atoms with Crippen LogP contribution in [0.3, 0.4) is 0 Å². The Bertz CT molecular complexity index is 600. The predicted molar refractivity (Wildman–Crippen MR) is 90.7 cm³/mol. The smallest absolute Gasteiger partial charge is 0.0977 e. The highest BCUT2D eigenvalue weighted by molar-refractivity contribution is 6.33. The van der Waals surface area contributed by atoms with Gasteiger partial charge in [-0.2, -0.15) is 0 Å². The fourth-order valence-electron chi connectivity index (χ4n) is 1.97. The van der Waals surface area contributed by atoms with Crippen molar-refractivity contribution in [2.75, 3.05) is 30.9 Å². The van der Waals surface area contributed by atoms with E-state index in [0.717, 1.165) is 11.4 Å². The summed E-state index contributed by atoms with van der Waals surface area (Å²) in [6.45, 7) is 0.362. The molecule has 0 aliphatic carbocycles. The minimum absolute atomic E-state index is 0.362. The monoisotopic (exact) mass is 324 g/mol. The molecule has 0 aliphatic heterocycles. The first kappa shape index (κ1) is 16.0. The van der Waals surface area contributed by atoms with Crippen LogP contribution in [0.15, 0.2) is 42.5 Å². The summed E-state index contributed by atoms with van der Waals surface area (Å²) in [6.07, 6.45) is -0.718. The molecule has 0 heterocycles. The van der Waals surface area contributed by atoms with E-state index >= 15 is 0 Å². The van der Waals surface area contributed by atoms with Gasteiger partial charge in [0.25, 0.3) is 0 Å². The lowest BCUT2D eigenvalue weighted by atomic mass is 10.1. The van der Waals surface area contributed by atoms with Gasteiger partial charge in [0.15, 0.2) is 0 Å². The van der Waals surface area contributed by atoms with Gasteiger partial charge in [-0.3, -0.25) is 0 Å². The molecule has 0 aliphatic rings. The Hall–Kier alpha value is -1.42. The Morgan fingerprint density at radius 1 is 1.10 bits per heavy atom. The first-order chi connectivity index (χ1) is 9.97. The number of aliphatic hydroxyl groups excluding tert-OH is 1. The largest absolute Gasteiger partial charge is 0.387 e. The maximum Gasteiger partial charge on any atom is 0.0977 e. The van der Waals surface area contributed by atoms with Gasteiger partial charge in [0.2, 0.25) is 0 Å². The molecule has 2 rings (SSSR count). The van der Waals surface area contributed by atoms with Gasteiger partial charge in [0.05, 0.1) is 6.10 Å². The zero-order chi connectivity index (χ0) is 15.4. The topological polar surface area (TPSA) is 35.5 Å². The minimum atomic E-state index is -0.718. The summed E-state index contributed by atoms with van der Waals surface area (Å²) in [5.41, 5.74) is 2.69. The number of hydrogen-bond acceptors (Lipinski definition) is 3. The van der Waals surface area contributed by atoms with Crippen LogP contribution in [-0.2, 0) is 0 Å². The van der Waals surface area contributed by atoms with Crippen LogP contribution in [0.4, 0.5) is 11.4 Å². The lowest BCUT2D eigenvalue weighted by Gasteiger charge is -2.16. The van der Waals surface area contributed by atoms with Crippen molar-refractivity contribution in [3.63, 3.8) is 0 Å². The van der Waals surface area contributed by atoms with Crippen LogP contribution in [0.1, 0.15) is 11.7 Å². The number of hydrogen-bond donors (Lipinski definition) is 2. The van der Waals surface area contributed by atoms with E-state index in [4.69, 9.17) is 23.2 Å². The Morgan fingerprint density at radius 2 is 1.76 bits per heavy atom. The van der Waals surface area contributed by atoms with Crippen LogP contribution in [-0.4, -0.2) is 25.7 Å². The Kier molecular flexibility index (Phi) is 5.34. The zero-order valence-electron chi connectivity index (χ0n) is 12.0. The van der Waals surface area contributed by atoms with Gasteiger partial charge in [-0.25, -0.2) is 0 Å². The van der Waals surface area contributed by atoms with Gasteiger partial charge in [0.1, 0.15) is 0 Å². The number of aliphatic hydroxyl groups is 1. The van der Waals surface area contributed by atoms with E-state index in [0.29, 0.717) is 22.2 Å². The van der Waals surface area contributed by atoms with Crippen molar-refractivity contribution < 1.29 is 5.11 Å². The molecule has 1 atom stereocenters. The molecule has 0 amide bonds. The van der Waals surface area contributed by atoms with E-state index in [2.05, 4.69) is 5.32 Å². The maximum atomic E-state index is 10.2. The van der Waals surface area contributed by atoms with Crippen LogP contribution in [0.5, 0.6) is 0 Å². The molecule has 0 radical (unpaired) electrons. The lowest BCUT2D eigenvalue weighted by molar-refractivity contribution is 0.192. The van der Waals surface area contributed by atoms with E-state index < -0.39 is 6.10 Å². The molecule has 5 heteroatoms.